The summed E-state index contributed by atoms with van der Waals surface area (Å²) in [6.45, 7) is 10.2. The number of hydrogen-bond donors (Lipinski definition) is 1. The Morgan fingerprint density at radius 3 is 2.37 bits per heavy atom. The fraction of sp³-hybridized carbons (Fsp3) is 0.625. The van der Waals surface area contributed by atoms with Crippen LogP contribution < -0.4 is 5.32 Å². The highest BCUT2D eigenvalue weighted by Crippen LogP contribution is 2.06. The van der Waals surface area contributed by atoms with Crippen LogP contribution in [0.15, 0.2) is 24.3 Å². The second kappa shape index (κ2) is 9.96. The van der Waals surface area contributed by atoms with Crippen molar-refractivity contribution >= 4 is 0 Å². The zero-order chi connectivity index (χ0) is 13.9. The molecule has 0 bridgehead atoms. The Morgan fingerprint density at radius 1 is 1.05 bits per heavy atom. The summed E-state index contributed by atoms with van der Waals surface area (Å²) in [6.07, 6.45) is 1.36. The van der Waals surface area contributed by atoms with Crippen molar-refractivity contribution in [1.82, 2.24) is 5.32 Å². The molecule has 0 aromatic heterocycles. The Bertz CT molecular complexity index is 322. The van der Waals surface area contributed by atoms with Crippen molar-refractivity contribution in [1.29, 1.82) is 0 Å². The van der Waals surface area contributed by atoms with Gasteiger partial charge in [-0.05, 0) is 44.5 Å². The van der Waals surface area contributed by atoms with Crippen molar-refractivity contribution < 1.29 is 9.47 Å². The molecule has 0 radical (unpaired) electrons. The van der Waals surface area contributed by atoms with Crippen molar-refractivity contribution in [3.05, 3.63) is 35.4 Å². The van der Waals surface area contributed by atoms with Crippen LogP contribution in [0.5, 0.6) is 0 Å². The van der Waals surface area contributed by atoms with Crippen LogP contribution in [0.4, 0.5) is 0 Å². The van der Waals surface area contributed by atoms with Crippen LogP contribution in [0, 0.1) is 0 Å². The SMILES string of the molecule is CCNCCc1ccc(COCCOC(C)C)cc1. The van der Waals surface area contributed by atoms with Crippen molar-refractivity contribution in [2.45, 2.75) is 39.9 Å². The molecule has 0 aliphatic carbocycles. The minimum absolute atomic E-state index is 0.277. The van der Waals surface area contributed by atoms with Gasteiger partial charge in [0.1, 0.15) is 0 Å². The van der Waals surface area contributed by atoms with Crippen molar-refractivity contribution in [3.63, 3.8) is 0 Å². The van der Waals surface area contributed by atoms with Crippen LogP contribution in [-0.2, 0) is 22.5 Å². The molecule has 1 aromatic rings. The molecule has 0 saturated heterocycles. The third kappa shape index (κ3) is 7.98. The van der Waals surface area contributed by atoms with Crippen LogP contribution >= 0.6 is 0 Å². The Kier molecular flexibility index (Phi) is 8.47. The first-order valence-electron chi connectivity index (χ1n) is 7.20. The second-order valence-corrected chi connectivity index (χ2v) is 4.89. The van der Waals surface area contributed by atoms with Gasteiger partial charge in [0.2, 0.25) is 0 Å². The van der Waals surface area contributed by atoms with Gasteiger partial charge < -0.3 is 14.8 Å². The zero-order valence-electron chi connectivity index (χ0n) is 12.4. The van der Waals surface area contributed by atoms with E-state index in [0.29, 0.717) is 19.8 Å². The molecule has 1 rings (SSSR count). The molecule has 0 saturated carbocycles. The topological polar surface area (TPSA) is 30.5 Å². The lowest BCUT2D eigenvalue weighted by molar-refractivity contribution is 0.0143. The first kappa shape index (κ1) is 16.2. The molecule has 3 nitrogen and oxygen atoms in total. The van der Waals surface area contributed by atoms with E-state index in [2.05, 4.69) is 36.5 Å². The van der Waals surface area contributed by atoms with Gasteiger partial charge in [-0.1, -0.05) is 31.2 Å². The Hall–Kier alpha value is -0.900. The van der Waals surface area contributed by atoms with E-state index in [9.17, 15) is 0 Å². The second-order valence-electron chi connectivity index (χ2n) is 4.89. The van der Waals surface area contributed by atoms with Crippen molar-refractivity contribution in [3.8, 4) is 0 Å². The Labute approximate surface area is 117 Å². The summed E-state index contributed by atoms with van der Waals surface area (Å²) in [7, 11) is 0. The van der Waals surface area contributed by atoms with Gasteiger partial charge in [-0.3, -0.25) is 0 Å². The highest BCUT2D eigenvalue weighted by molar-refractivity contribution is 5.22. The molecule has 3 heteroatoms. The maximum Gasteiger partial charge on any atom is 0.0718 e. The third-order valence-corrected chi connectivity index (χ3v) is 2.81. The van der Waals surface area contributed by atoms with Gasteiger partial charge in [0.25, 0.3) is 0 Å². The first-order chi connectivity index (χ1) is 9.22. The molecule has 0 aliphatic heterocycles. The summed E-state index contributed by atoms with van der Waals surface area (Å²) in [6, 6.07) is 8.65. The molecule has 0 atom stereocenters. The van der Waals surface area contributed by atoms with Gasteiger partial charge in [-0.2, -0.15) is 0 Å². The van der Waals surface area contributed by atoms with Gasteiger partial charge in [0, 0.05) is 0 Å². The predicted octanol–water partition coefficient (Wildman–Crippen LogP) is 2.78. The largest absolute Gasteiger partial charge is 0.376 e. The molecule has 0 fully saturated rings. The van der Waals surface area contributed by atoms with Crippen molar-refractivity contribution in [2.75, 3.05) is 26.3 Å². The summed E-state index contributed by atoms with van der Waals surface area (Å²) >= 11 is 0. The normalized spacial score (nSPS) is 11.2. The van der Waals surface area contributed by atoms with Crippen LogP contribution in [-0.4, -0.2) is 32.4 Å². The molecule has 19 heavy (non-hydrogen) atoms. The molecule has 0 amide bonds. The van der Waals surface area contributed by atoms with E-state index in [1.165, 1.54) is 11.1 Å². The number of likely N-dealkylation sites (N-methyl/N-ethyl adjacent to an activating group) is 1. The minimum atomic E-state index is 0.277. The zero-order valence-corrected chi connectivity index (χ0v) is 12.4. The van der Waals surface area contributed by atoms with E-state index >= 15 is 0 Å². The molecule has 0 spiro atoms. The minimum Gasteiger partial charge on any atom is -0.376 e. The molecular weight excluding hydrogens is 238 g/mol. The Balaban J connectivity index is 2.17. The summed E-state index contributed by atoms with van der Waals surface area (Å²) in [5.41, 5.74) is 2.59. The van der Waals surface area contributed by atoms with Crippen molar-refractivity contribution in [2.24, 2.45) is 0 Å². The van der Waals surface area contributed by atoms with Crippen LogP contribution in [0.25, 0.3) is 0 Å². The molecule has 0 heterocycles. The van der Waals surface area contributed by atoms with Gasteiger partial charge in [0.15, 0.2) is 0 Å². The quantitative estimate of drug-likeness (QED) is 0.660. The molecule has 1 aromatic carbocycles. The lowest BCUT2D eigenvalue weighted by Crippen LogP contribution is -2.15. The average Bonchev–Trinajstić information content (AvgIpc) is 2.40. The number of ether oxygens (including phenoxy) is 2. The number of benzene rings is 1. The molecular formula is C16H27NO2. The fourth-order valence-corrected chi connectivity index (χ4v) is 1.74. The first-order valence-corrected chi connectivity index (χ1v) is 7.20. The van der Waals surface area contributed by atoms with E-state index < -0.39 is 0 Å². The van der Waals surface area contributed by atoms with E-state index in [4.69, 9.17) is 9.47 Å². The third-order valence-electron chi connectivity index (χ3n) is 2.81. The van der Waals surface area contributed by atoms with Gasteiger partial charge in [-0.15, -0.1) is 0 Å². The lowest BCUT2D eigenvalue weighted by atomic mass is 10.1. The summed E-state index contributed by atoms with van der Waals surface area (Å²) < 4.78 is 11.0. The molecule has 0 aliphatic rings. The highest BCUT2D eigenvalue weighted by atomic mass is 16.5. The van der Waals surface area contributed by atoms with E-state index in [-0.39, 0.29) is 6.10 Å². The number of rotatable bonds is 10. The Morgan fingerprint density at radius 2 is 1.74 bits per heavy atom. The number of hydrogen-bond acceptors (Lipinski definition) is 3. The maximum absolute atomic E-state index is 5.57. The van der Waals surface area contributed by atoms with Gasteiger partial charge in [0.05, 0.1) is 25.9 Å². The standard InChI is InChI=1S/C16H27NO2/c1-4-17-10-9-15-5-7-16(8-6-15)13-18-11-12-19-14(2)3/h5-8,14,17H,4,9-13H2,1-3H3. The number of nitrogens with one attached hydrogen (secondary N) is 1. The van der Waals surface area contributed by atoms with E-state index in [1.807, 2.05) is 13.8 Å². The predicted molar refractivity (Wildman–Crippen MR) is 79.4 cm³/mol. The highest BCUT2D eigenvalue weighted by Gasteiger charge is 1.97. The van der Waals surface area contributed by atoms with E-state index in [0.717, 1.165) is 19.5 Å². The summed E-state index contributed by atoms with van der Waals surface area (Å²) in [4.78, 5) is 0. The fourth-order valence-electron chi connectivity index (χ4n) is 1.74. The molecule has 0 unspecified atom stereocenters. The average molecular weight is 265 g/mol. The van der Waals surface area contributed by atoms with Gasteiger partial charge >= 0.3 is 0 Å². The lowest BCUT2D eigenvalue weighted by Gasteiger charge is -2.08. The monoisotopic (exact) mass is 265 g/mol. The van der Waals surface area contributed by atoms with Crippen LogP contribution in [0.1, 0.15) is 31.9 Å². The summed E-state index contributed by atoms with van der Waals surface area (Å²) in [5, 5.41) is 3.33. The molecule has 1 N–H and O–H groups in total. The van der Waals surface area contributed by atoms with Crippen LogP contribution in [0.2, 0.25) is 0 Å². The van der Waals surface area contributed by atoms with Gasteiger partial charge in [-0.25, -0.2) is 0 Å². The molecule has 108 valence electrons. The smallest absolute Gasteiger partial charge is 0.0718 e. The van der Waals surface area contributed by atoms with Crippen LogP contribution in [0.3, 0.4) is 0 Å². The van der Waals surface area contributed by atoms with E-state index in [1.54, 1.807) is 0 Å². The maximum atomic E-state index is 5.57. The summed E-state index contributed by atoms with van der Waals surface area (Å²) in [5.74, 6) is 0.